The zero-order valence-corrected chi connectivity index (χ0v) is 37.4. The number of carbonyl (C=O) groups is 1. The maximum atomic E-state index is 12.8. The second-order valence-corrected chi connectivity index (χ2v) is 17.6. The quantitative estimate of drug-likeness (QED) is 0.0232. The van der Waals surface area contributed by atoms with Crippen LogP contribution in [0.4, 0.5) is 0 Å². The Morgan fingerprint density at radius 2 is 1.02 bits per heavy atom. The lowest BCUT2D eigenvalue weighted by Gasteiger charge is -2.24. The van der Waals surface area contributed by atoms with E-state index in [0.29, 0.717) is 12.8 Å². The van der Waals surface area contributed by atoms with Gasteiger partial charge in [0.15, 0.2) is 0 Å². The molecule has 0 fully saturated rings. The molecule has 0 aromatic heterocycles. The maximum absolute atomic E-state index is 12.8. The highest BCUT2D eigenvalue weighted by Crippen LogP contribution is 2.43. The van der Waals surface area contributed by atoms with Crippen LogP contribution in [0.15, 0.2) is 24.3 Å². The molecule has 332 valence electrons. The fraction of sp³-hybridized carbons (Fsp3) is 0.891. The van der Waals surface area contributed by atoms with Crippen LogP contribution < -0.4 is 11.1 Å². The number of carbonyl (C=O) groups excluding carboxylic acids is 1. The summed E-state index contributed by atoms with van der Waals surface area (Å²) in [6, 6.07) is -0.995. The van der Waals surface area contributed by atoms with Crippen LogP contribution in [0.5, 0.6) is 0 Å². The number of aliphatic hydroxyl groups is 2. The summed E-state index contributed by atoms with van der Waals surface area (Å²) in [4.78, 5) is 22.8. The van der Waals surface area contributed by atoms with Crippen molar-refractivity contribution in [1.29, 1.82) is 0 Å². The van der Waals surface area contributed by atoms with Crippen molar-refractivity contribution in [3.05, 3.63) is 24.3 Å². The first-order valence-electron chi connectivity index (χ1n) is 23.5. The molecule has 4 unspecified atom stereocenters. The fourth-order valence-electron chi connectivity index (χ4n) is 7.02. The zero-order chi connectivity index (χ0) is 41.2. The number of hydrogen-bond donors (Lipinski definition) is 5. The third-order valence-electron chi connectivity index (χ3n) is 10.6. The number of nitrogens with two attached hydrogens (primary N) is 1. The van der Waals surface area contributed by atoms with E-state index in [1.165, 1.54) is 161 Å². The lowest BCUT2D eigenvalue weighted by molar-refractivity contribution is -0.124. The van der Waals surface area contributed by atoms with E-state index < -0.39 is 38.6 Å². The van der Waals surface area contributed by atoms with Crippen molar-refractivity contribution in [3.63, 3.8) is 0 Å². The average Bonchev–Trinajstić information content (AvgIpc) is 3.17. The Hall–Kier alpha value is -1.06. The van der Waals surface area contributed by atoms with Crippen molar-refractivity contribution in [1.82, 2.24) is 5.32 Å². The molecule has 56 heavy (non-hydrogen) atoms. The van der Waals surface area contributed by atoms with Crippen molar-refractivity contribution in [2.75, 3.05) is 19.8 Å². The molecule has 1 amide bonds. The van der Waals surface area contributed by atoms with Crippen molar-refractivity contribution in [2.24, 2.45) is 5.73 Å². The monoisotopic (exact) mass is 815 g/mol. The van der Waals surface area contributed by atoms with Crippen LogP contribution in [0.25, 0.3) is 0 Å². The number of rotatable bonds is 44. The van der Waals surface area contributed by atoms with E-state index >= 15 is 0 Å². The SMILES string of the molecule is CCCCCCCCCC/C=C/CC/C=C/C(O)C(COP(=O)(O)OCCN)NC(=O)CC(O)CCCCCCCCCCCCCCCCCCCCCC. The minimum absolute atomic E-state index is 0.0461. The largest absolute Gasteiger partial charge is 0.472 e. The van der Waals surface area contributed by atoms with E-state index in [1.807, 2.05) is 6.08 Å². The Labute approximate surface area is 345 Å². The molecule has 0 saturated carbocycles. The average molecular weight is 815 g/mol. The van der Waals surface area contributed by atoms with Crippen molar-refractivity contribution in [3.8, 4) is 0 Å². The highest BCUT2D eigenvalue weighted by Gasteiger charge is 2.27. The predicted molar refractivity (Wildman–Crippen MR) is 237 cm³/mol. The molecule has 0 radical (unpaired) electrons. The van der Waals surface area contributed by atoms with Gasteiger partial charge in [0, 0.05) is 6.54 Å². The molecule has 0 heterocycles. The molecule has 0 aromatic carbocycles. The number of aliphatic hydroxyl groups excluding tert-OH is 2. The fourth-order valence-corrected chi connectivity index (χ4v) is 7.78. The third kappa shape index (κ3) is 39.8. The van der Waals surface area contributed by atoms with E-state index in [4.69, 9.17) is 14.8 Å². The summed E-state index contributed by atoms with van der Waals surface area (Å²) in [5, 5.41) is 24.1. The number of phosphoric ester groups is 1. The van der Waals surface area contributed by atoms with Gasteiger partial charge < -0.3 is 26.2 Å². The first-order chi connectivity index (χ1) is 27.3. The van der Waals surface area contributed by atoms with Gasteiger partial charge in [0.05, 0.1) is 37.9 Å². The molecule has 0 saturated heterocycles. The van der Waals surface area contributed by atoms with Gasteiger partial charge in [0.2, 0.25) is 5.91 Å². The van der Waals surface area contributed by atoms with Crippen LogP contribution in [0.3, 0.4) is 0 Å². The Bertz CT molecular complexity index is 950. The highest BCUT2D eigenvalue weighted by molar-refractivity contribution is 7.47. The summed E-state index contributed by atoms with van der Waals surface area (Å²) in [7, 11) is -4.40. The molecule has 0 aliphatic rings. The second-order valence-electron chi connectivity index (χ2n) is 16.2. The van der Waals surface area contributed by atoms with Gasteiger partial charge in [0.25, 0.3) is 0 Å². The molecule has 0 rings (SSSR count). The first kappa shape index (κ1) is 54.9. The number of hydrogen-bond acceptors (Lipinski definition) is 7. The van der Waals surface area contributed by atoms with Gasteiger partial charge in [0.1, 0.15) is 0 Å². The van der Waals surface area contributed by atoms with Gasteiger partial charge >= 0.3 is 7.82 Å². The molecule has 6 N–H and O–H groups in total. The number of nitrogens with one attached hydrogen (secondary N) is 1. The van der Waals surface area contributed by atoms with Gasteiger partial charge in [-0.05, 0) is 32.1 Å². The van der Waals surface area contributed by atoms with Crippen LogP contribution in [0, 0.1) is 0 Å². The van der Waals surface area contributed by atoms with Gasteiger partial charge in [-0.2, -0.15) is 0 Å². The molecule has 10 heteroatoms. The van der Waals surface area contributed by atoms with Gasteiger partial charge in [-0.3, -0.25) is 13.8 Å². The van der Waals surface area contributed by atoms with E-state index in [0.717, 1.165) is 32.1 Å². The predicted octanol–water partition coefficient (Wildman–Crippen LogP) is 12.3. The van der Waals surface area contributed by atoms with Crippen LogP contribution in [0.2, 0.25) is 0 Å². The molecule has 0 spiro atoms. The Kier molecular flexibility index (Phi) is 41.3. The van der Waals surface area contributed by atoms with Gasteiger partial charge in [-0.25, -0.2) is 4.57 Å². The summed E-state index contributed by atoms with van der Waals surface area (Å²) >= 11 is 0. The van der Waals surface area contributed by atoms with Crippen LogP contribution in [0.1, 0.15) is 226 Å². The van der Waals surface area contributed by atoms with Crippen LogP contribution in [-0.4, -0.2) is 59.0 Å². The minimum atomic E-state index is -4.40. The standard InChI is InChI=1S/C46H91N2O7P/c1-3-5-7-9-11-13-15-17-19-20-21-22-23-24-25-27-29-31-33-35-37-43(49)41-46(51)48-44(42-55-56(52,53)54-40-39-47)45(50)38-36-34-32-30-28-26-18-16-14-12-10-8-6-4-2/h28,30,36,38,43-45,49-50H,3-27,29,31-35,37,39-42,47H2,1-2H3,(H,48,51)(H,52,53)/b30-28+,38-36+. The molecule has 0 aliphatic heterocycles. The van der Waals surface area contributed by atoms with Crippen molar-refractivity contribution < 1.29 is 33.5 Å². The maximum Gasteiger partial charge on any atom is 0.472 e. The Balaban J connectivity index is 4.22. The molecule has 0 bridgehead atoms. The minimum Gasteiger partial charge on any atom is -0.393 e. The molecule has 9 nitrogen and oxygen atoms in total. The number of phosphoric acid groups is 1. The lowest BCUT2D eigenvalue weighted by atomic mass is 10.0. The van der Waals surface area contributed by atoms with Crippen LogP contribution >= 0.6 is 7.82 Å². The molecular formula is C46H91N2O7P. The number of allylic oxidation sites excluding steroid dienone is 3. The topological polar surface area (TPSA) is 151 Å². The van der Waals surface area contributed by atoms with E-state index in [2.05, 4.69) is 31.3 Å². The molecule has 0 aromatic rings. The number of unbranched alkanes of at least 4 members (excludes halogenated alkanes) is 28. The normalized spacial score (nSPS) is 14.8. The lowest BCUT2D eigenvalue weighted by Crippen LogP contribution is -2.46. The molecule has 4 atom stereocenters. The van der Waals surface area contributed by atoms with Crippen molar-refractivity contribution in [2.45, 2.75) is 244 Å². The second kappa shape index (κ2) is 42.1. The smallest absolute Gasteiger partial charge is 0.393 e. The zero-order valence-electron chi connectivity index (χ0n) is 36.5. The number of amides is 1. The third-order valence-corrected chi connectivity index (χ3v) is 11.6. The summed E-state index contributed by atoms with van der Waals surface area (Å²) in [6.45, 7) is 3.96. The van der Waals surface area contributed by atoms with Gasteiger partial charge in [-0.15, -0.1) is 0 Å². The summed E-state index contributed by atoms with van der Waals surface area (Å²) < 4.78 is 22.1. The first-order valence-corrected chi connectivity index (χ1v) is 25.0. The molecule has 0 aliphatic carbocycles. The Morgan fingerprint density at radius 3 is 1.48 bits per heavy atom. The van der Waals surface area contributed by atoms with E-state index in [9.17, 15) is 24.5 Å². The van der Waals surface area contributed by atoms with E-state index in [1.54, 1.807) is 6.08 Å². The summed E-state index contributed by atoms with van der Waals surface area (Å²) in [5.74, 6) is -0.453. The van der Waals surface area contributed by atoms with Crippen LogP contribution in [-0.2, 0) is 18.4 Å². The summed E-state index contributed by atoms with van der Waals surface area (Å²) in [5.41, 5.74) is 5.36. The Morgan fingerprint density at radius 1 is 0.607 bits per heavy atom. The molecular weight excluding hydrogens is 723 g/mol. The van der Waals surface area contributed by atoms with E-state index in [-0.39, 0.29) is 19.6 Å². The van der Waals surface area contributed by atoms with Gasteiger partial charge in [-0.1, -0.05) is 212 Å². The van der Waals surface area contributed by atoms with Crippen molar-refractivity contribution >= 4 is 13.7 Å². The highest BCUT2D eigenvalue weighted by atomic mass is 31.2. The summed E-state index contributed by atoms with van der Waals surface area (Å²) in [6.07, 6.45) is 45.6.